The van der Waals surface area contributed by atoms with Crippen LogP contribution in [-0.2, 0) is 9.53 Å². The van der Waals surface area contributed by atoms with E-state index in [2.05, 4.69) is 22.5 Å². The van der Waals surface area contributed by atoms with Gasteiger partial charge in [0.05, 0.1) is 17.2 Å². The molecule has 0 aromatic heterocycles. The molecule has 2 saturated heterocycles. The Morgan fingerprint density at radius 1 is 1.42 bits per heavy atom. The van der Waals surface area contributed by atoms with Crippen molar-refractivity contribution in [3.05, 3.63) is 0 Å². The normalized spacial score (nSPS) is 33.4. The highest BCUT2D eigenvalue weighted by Crippen LogP contribution is 2.26. The molecule has 0 radical (unpaired) electrons. The fraction of sp³-hybridized carbons (Fsp3) is 0.929. The molecule has 1 amide bonds. The Bertz CT molecular complexity index is 340. The maximum Gasteiger partial charge on any atom is 0.240 e. The van der Waals surface area contributed by atoms with Crippen LogP contribution in [0.2, 0.25) is 0 Å². The van der Waals surface area contributed by atoms with Crippen molar-refractivity contribution in [1.29, 1.82) is 0 Å². The molecule has 19 heavy (non-hydrogen) atoms. The molecule has 2 fully saturated rings. The van der Waals surface area contributed by atoms with Gasteiger partial charge in [-0.2, -0.15) is 0 Å². The minimum absolute atomic E-state index is 0.0790. The van der Waals surface area contributed by atoms with Crippen LogP contribution in [0.5, 0.6) is 0 Å². The number of ether oxygens (including phenoxy) is 1. The van der Waals surface area contributed by atoms with Crippen LogP contribution in [0.1, 0.15) is 34.1 Å². The highest BCUT2D eigenvalue weighted by atomic mass is 16.5. The molecule has 0 saturated carbocycles. The SMILES string of the molecule is CC1OCCC1(C)NC(=O)C(C)(C)N1CCNCC1. The lowest BCUT2D eigenvalue weighted by Crippen LogP contribution is -2.64. The van der Waals surface area contributed by atoms with Gasteiger partial charge in [-0.05, 0) is 34.1 Å². The van der Waals surface area contributed by atoms with Crippen molar-refractivity contribution in [2.24, 2.45) is 0 Å². The fourth-order valence-electron chi connectivity index (χ4n) is 2.78. The van der Waals surface area contributed by atoms with E-state index < -0.39 is 5.54 Å². The van der Waals surface area contributed by atoms with Crippen molar-refractivity contribution in [2.75, 3.05) is 32.8 Å². The summed E-state index contributed by atoms with van der Waals surface area (Å²) in [5, 5.41) is 6.54. The van der Waals surface area contributed by atoms with E-state index in [-0.39, 0.29) is 17.6 Å². The molecule has 2 N–H and O–H groups in total. The summed E-state index contributed by atoms with van der Waals surface area (Å²) >= 11 is 0. The van der Waals surface area contributed by atoms with Crippen molar-refractivity contribution in [3.63, 3.8) is 0 Å². The van der Waals surface area contributed by atoms with Gasteiger partial charge in [0, 0.05) is 32.8 Å². The number of nitrogens with zero attached hydrogens (tertiary/aromatic N) is 1. The van der Waals surface area contributed by atoms with E-state index in [0.717, 1.165) is 39.2 Å². The molecule has 2 unspecified atom stereocenters. The highest BCUT2D eigenvalue weighted by molar-refractivity contribution is 5.86. The molecular weight excluding hydrogens is 242 g/mol. The number of rotatable bonds is 3. The second-order valence-corrected chi connectivity index (χ2v) is 6.43. The molecule has 2 atom stereocenters. The molecule has 0 aromatic rings. The second-order valence-electron chi connectivity index (χ2n) is 6.43. The minimum atomic E-state index is -0.465. The Morgan fingerprint density at radius 3 is 2.58 bits per heavy atom. The standard InChI is InChI=1S/C14H27N3O2/c1-11-14(4,5-10-19-11)16-12(18)13(2,3)17-8-6-15-7-9-17/h11,15H,5-10H2,1-4H3,(H,16,18). The lowest BCUT2D eigenvalue weighted by atomic mass is 9.91. The van der Waals surface area contributed by atoms with E-state index >= 15 is 0 Å². The number of amides is 1. The first-order chi connectivity index (χ1) is 8.86. The Balaban J connectivity index is 2.01. The van der Waals surface area contributed by atoms with E-state index in [1.165, 1.54) is 0 Å². The summed E-state index contributed by atoms with van der Waals surface area (Å²) in [6, 6.07) is 0. The van der Waals surface area contributed by atoms with Gasteiger partial charge in [-0.3, -0.25) is 9.69 Å². The van der Waals surface area contributed by atoms with Crippen molar-refractivity contribution >= 4 is 5.91 Å². The third kappa shape index (κ3) is 2.93. The summed E-state index contributed by atoms with van der Waals surface area (Å²) in [6.45, 7) is 12.6. The third-order valence-corrected chi connectivity index (χ3v) is 4.75. The van der Waals surface area contributed by atoms with Crippen molar-refractivity contribution < 1.29 is 9.53 Å². The molecular formula is C14H27N3O2. The lowest BCUT2D eigenvalue weighted by molar-refractivity contribution is -0.134. The maximum atomic E-state index is 12.6. The van der Waals surface area contributed by atoms with E-state index in [9.17, 15) is 4.79 Å². The summed E-state index contributed by atoms with van der Waals surface area (Å²) in [5.41, 5.74) is -0.699. The van der Waals surface area contributed by atoms with Crippen LogP contribution < -0.4 is 10.6 Å². The van der Waals surface area contributed by atoms with Gasteiger partial charge in [0.15, 0.2) is 0 Å². The molecule has 0 aromatic carbocycles. The van der Waals surface area contributed by atoms with Crippen molar-refractivity contribution in [2.45, 2.75) is 51.3 Å². The molecule has 5 nitrogen and oxygen atoms in total. The van der Waals surface area contributed by atoms with Gasteiger partial charge in [-0.15, -0.1) is 0 Å². The fourth-order valence-corrected chi connectivity index (χ4v) is 2.78. The zero-order valence-corrected chi connectivity index (χ0v) is 12.6. The largest absolute Gasteiger partial charge is 0.376 e. The topological polar surface area (TPSA) is 53.6 Å². The zero-order valence-electron chi connectivity index (χ0n) is 12.6. The van der Waals surface area contributed by atoms with E-state index in [1.54, 1.807) is 0 Å². The van der Waals surface area contributed by atoms with Gasteiger partial charge in [0.25, 0.3) is 0 Å². The summed E-state index contributed by atoms with van der Waals surface area (Å²) in [4.78, 5) is 14.9. The summed E-state index contributed by atoms with van der Waals surface area (Å²) < 4.78 is 5.59. The minimum Gasteiger partial charge on any atom is -0.376 e. The average Bonchev–Trinajstić information content (AvgIpc) is 2.70. The van der Waals surface area contributed by atoms with Gasteiger partial charge < -0.3 is 15.4 Å². The first-order valence-electron chi connectivity index (χ1n) is 7.26. The monoisotopic (exact) mass is 269 g/mol. The molecule has 2 rings (SSSR count). The molecule has 0 bridgehead atoms. The smallest absolute Gasteiger partial charge is 0.240 e. The number of hydrogen-bond acceptors (Lipinski definition) is 4. The summed E-state index contributed by atoms with van der Waals surface area (Å²) in [5.74, 6) is 0.106. The first kappa shape index (κ1) is 14.8. The summed E-state index contributed by atoms with van der Waals surface area (Å²) in [7, 11) is 0. The molecule has 2 aliphatic heterocycles. The summed E-state index contributed by atoms with van der Waals surface area (Å²) in [6.07, 6.45) is 0.965. The van der Waals surface area contributed by atoms with Crippen LogP contribution >= 0.6 is 0 Å². The third-order valence-electron chi connectivity index (χ3n) is 4.75. The number of piperazine rings is 1. The Kier molecular flexibility index (Phi) is 4.18. The predicted octanol–water partition coefficient (Wildman–Crippen LogP) is 0.354. The Hall–Kier alpha value is -0.650. The second kappa shape index (κ2) is 5.38. The van der Waals surface area contributed by atoms with Gasteiger partial charge in [-0.25, -0.2) is 0 Å². The van der Waals surface area contributed by atoms with Gasteiger partial charge in [0.2, 0.25) is 5.91 Å². The average molecular weight is 269 g/mol. The molecule has 0 spiro atoms. The van der Waals surface area contributed by atoms with Crippen molar-refractivity contribution in [1.82, 2.24) is 15.5 Å². The molecule has 0 aliphatic carbocycles. The van der Waals surface area contributed by atoms with Crippen molar-refractivity contribution in [3.8, 4) is 0 Å². The van der Waals surface area contributed by atoms with E-state index in [4.69, 9.17) is 4.74 Å². The molecule has 110 valence electrons. The van der Waals surface area contributed by atoms with Crippen LogP contribution in [0.25, 0.3) is 0 Å². The quantitative estimate of drug-likeness (QED) is 0.776. The van der Waals surface area contributed by atoms with Crippen LogP contribution in [0, 0.1) is 0 Å². The predicted molar refractivity (Wildman–Crippen MR) is 75.1 cm³/mol. The number of carbonyl (C=O) groups excluding carboxylic acids is 1. The van der Waals surface area contributed by atoms with E-state index in [1.807, 2.05) is 20.8 Å². The first-order valence-corrected chi connectivity index (χ1v) is 7.26. The number of carbonyl (C=O) groups is 1. The Morgan fingerprint density at radius 2 is 2.05 bits per heavy atom. The Labute approximate surface area is 116 Å². The highest BCUT2D eigenvalue weighted by Gasteiger charge is 2.43. The van der Waals surface area contributed by atoms with Crippen LogP contribution in [0.15, 0.2) is 0 Å². The number of hydrogen-bond donors (Lipinski definition) is 2. The molecule has 2 heterocycles. The van der Waals surface area contributed by atoms with Crippen LogP contribution in [0.3, 0.4) is 0 Å². The van der Waals surface area contributed by atoms with Crippen LogP contribution in [-0.4, -0.2) is 60.8 Å². The van der Waals surface area contributed by atoms with Gasteiger partial charge >= 0.3 is 0 Å². The van der Waals surface area contributed by atoms with Crippen LogP contribution in [0.4, 0.5) is 0 Å². The van der Waals surface area contributed by atoms with E-state index in [0.29, 0.717) is 0 Å². The molecule has 2 aliphatic rings. The molecule has 5 heteroatoms. The van der Waals surface area contributed by atoms with Gasteiger partial charge in [0.1, 0.15) is 0 Å². The maximum absolute atomic E-state index is 12.6. The zero-order chi connectivity index (χ0) is 14.1. The van der Waals surface area contributed by atoms with Gasteiger partial charge in [-0.1, -0.05) is 0 Å². The lowest BCUT2D eigenvalue weighted by Gasteiger charge is -2.42. The number of nitrogens with one attached hydrogen (secondary N) is 2.